The van der Waals surface area contributed by atoms with Gasteiger partial charge in [-0.1, -0.05) is 25.1 Å². The van der Waals surface area contributed by atoms with Crippen molar-refractivity contribution < 1.29 is 19.5 Å². The zero-order valence-electron chi connectivity index (χ0n) is 15.8. The Kier molecular flexibility index (Phi) is 5.82. The van der Waals surface area contributed by atoms with E-state index in [-0.39, 0.29) is 17.7 Å². The highest BCUT2D eigenvalue weighted by Crippen LogP contribution is 2.33. The summed E-state index contributed by atoms with van der Waals surface area (Å²) < 4.78 is 0. The molecule has 6 nitrogen and oxygen atoms in total. The topological polar surface area (TPSA) is 86.7 Å². The Balaban J connectivity index is 1.66. The van der Waals surface area contributed by atoms with Crippen LogP contribution in [-0.2, 0) is 9.59 Å². The standard InChI is InChI=1S/C21H28N2O4/c1-15-9-11-21(12-10-15,20(26)27)22-18(24)17-8-5-13-23(14-17)19(25)16-6-3-2-4-7-16/h2-4,6-7,15,17H,5,8-14H2,1H3,(H,22,24)(H,26,27). The molecule has 146 valence electrons. The maximum absolute atomic E-state index is 12.8. The third-order valence-electron chi connectivity index (χ3n) is 6.00. The predicted molar refractivity (Wildman–Crippen MR) is 101 cm³/mol. The summed E-state index contributed by atoms with van der Waals surface area (Å²) in [5.74, 6) is -1.13. The van der Waals surface area contributed by atoms with E-state index in [0.29, 0.717) is 43.8 Å². The largest absolute Gasteiger partial charge is 0.480 e. The summed E-state index contributed by atoms with van der Waals surface area (Å²) in [6.07, 6.45) is 3.96. The summed E-state index contributed by atoms with van der Waals surface area (Å²) >= 11 is 0. The Morgan fingerprint density at radius 3 is 2.41 bits per heavy atom. The summed E-state index contributed by atoms with van der Waals surface area (Å²) in [7, 11) is 0. The van der Waals surface area contributed by atoms with Gasteiger partial charge in [-0.3, -0.25) is 9.59 Å². The van der Waals surface area contributed by atoms with E-state index in [1.54, 1.807) is 17.0 Å². The highest BCUT2D eigenvalue weighted by atomic mass is 16.4. The first-order valence-corrected chi connectivity index (χ1v) is 9.81. The van der Waals surface area contributed by atoms with Crippen molar-refractivity contribution in [2.24, 2.45) is 11.8 Å². The van der Waals surface area contributed by atoms with Crippen LogP contribution < -0.4 is 5.32 Å². The van der Waals surface area contributed by atoms with E-state index in [2.05, 4.69) is 12.2 Å². The molecule has 0 aromatic heterocycles. The van der Waals surface area contributed by atoms with Crippen LogP contribution in [-0.4, -0.2) is 46.4 Å². The Morgan fingerprint density at radius 1 is 1.11 bits per heavy atom. The van der Waals surface area contributed by atoms with E-state index in [9.17, 15) is 19.5 Å². The number of carboxylic acids is 1. The van der Waals surface area contributed by atoms with Crippen molar-refractivity contribution in [3.63, 3.8) is 0 Å². The molecule has 2 amide bonds. The van der Waals surface area contributed by atoms with Crippen molar-refractivity contribution in [2.45, 2.75) is 51.0 Å². The second-order valence-corrected chi connectivity index (χ2v) is 8.02. The fraction of sp³-hybridized carbons (Fsp3) is 0.571. The number of likely N-dealkylation sites (tertiary alicyclic amines) is 1. The summed E-state index contributed by atoms with van der Waals surface area (Å²) in [6.45, 7) is 3.08. The van der Waals surface area contributed by atoms with E-state index in [0.717, 1.165) is 19.3 Å². The van der Waals surface area contributed by atoms with Crippen LogP contribution in [0.1, 0.15) is 55.8 Å². The number of hydrogen-bond acceptors (Lipinski definition) is 3. The van der Waals surface area contributed by atoms with Crippen LogP contribution in [0.25, 0.3) is 0 Å². The molecule has 1 aliphatic heterocycles. The molecule has 0 spiro atoms. The molecular weight excluding hydrogens is 344 g/mol. The molecule has 3 rings (SSSR count). The van der Waals surface area contributed by atoms with Crippen molar-refractivity contribution in [2.75, 3.05) is 13.1 Å². The van der Waals surface area contributed by atoms with Gasteiger partial charge in [-0.2, -0.15) is 0 Å². The number of carbonyl (C=O) groups excluding carboxylic acids is 2. The van der Waals surface area contributed by atoms with Gasteiger partial charge in [0.15, 0.2) is 0 Å². The Hall–Kier alpha value is -2.37. The molecule has 27 heavy (non-hydrogen) atoms. The number of piperidine rings is 1. The van der Waals surface area contributed by atoms with Gasteiger partial charge in [-0.05, 0) is 56.6 Å². The zero-order chi connectivity index (χ0) is 19.4. The van der Waals surface area contributed by atoms with Crippen LogP contribution in [0.3, 0.4) is 0 Å². The smallest absolute Gasteiger partial charge is 0.329 e. The van der Waals surface area contributed by atoms with Gasteiger partial charge >= 0.3 is 5.97 Å². The van der Waals surface area contributed by atoms with Crippen LogP contribution in [0.5, 0.6) is 0 Å². The Bertz CT molecular complexity index is 695. The van der Waals surface area contributed by atoms with Gasteiger partial charge in [0.05, 0.1) is 5.92 Å². The Morgan fingerprint density at radius 2 is 1.78 bits per heavy atom. The minimum atomic E-state index is -1.16. The Labute approximate surface area is 159 Å². The number of hydrogen-bond donors (Lipinski definition) is 2. The van der Waals surface area contributed by atoms with Crippen molar-refractivity contribution in [1.29, 1.82) is 0 Å². The molecule has 1 unspecified atom stereocenters. The molecule has 6 heteroatoms. The third kappa shape index (κ3) is 4.31. The number of amides is 2. The lowest BCUT2D eigenvalue weighted by molar-refractivity contribution is -0.150. The summed E-state index contributed by atoms with van der Waals surface area (Å²) in [6, 6.07) is 9.05. The fourth-order valence-corrected chi connectivity index (χ4v) is 4.12. The van der Waals surface area contributed by atoms with Crippen LogP contribution in [0.4, 0.5) is 0 Å². The number of carboxylic acid groups (broad SMARTS) is 1. The van der Waals surface area contributed by atoms with Crippen LogP contribution in [0.15, 0.2) is 30.3 Å². The average molecular weight is 372 g/mol. The number of aliphatic carboxylic acids is 1. The highest BCUT2D eigenvalue weighted by Gasteiger charge is 2.44. The van der Waals surface area contributed by atoms with E-state index in [4.69, 9.17) is 0 Å². The van der Waals surface area contributed by atoms with E-state index >= 15 is 0 Å². The van der Waals surface area contributed by atoms with Crippen LogP contribution >= 0.6 is 0 Å². The molecule has 2 aliphatic rings. The van der Waals surface area contributed by atoms with Crippen molar-refractivity contribution in [3.05, 3.63) is 35.9 Å². The molecule has 1 saturated heterocycles. The third-order valence-corrected chi connectivity index (χ3v) is 6.00. The SMILES string of the molecule is CC1CCC(NC(=O)C2CCCN(C(=O)c3ccccc3)C2)(C(=O)O)CC1. The van der Waals surface area contributed by atoms with Crippen molar-refractivity contribution >= 4 is 17.8 Å². The quantitative estimate of drug-likeness (QED) is 0.851. The molecule has 1 atom stereocenters. The second kappa shape index (κ2) is 8.11. The predicted octanol–water partition coefficient (Wildman–Crippen LogP) is 2.69. The molecule has 2 N–H and O–H groups in total. The van der Waals surface area contributed by atoms with Crippen molar-refractivity contribution in [1.82, 2.24) is 10.2 Å². The summed E-state index contributed by atoms with van der Waals surface area (Å²) in [5, 5.41) is 12.6. The maximum Gasteiger partial charge on any atom is 0.329 e. The first-order valence-electron chi connectivity index (χ1n) is 9.81. The number of nitrogens with one attached hydrogen (secondary N) is 1. The number of nitrogens with zero attached hydrogens (tertiary/aromatic N) is 1. The van der Waals surface area contributed by atoms with Gasteiger partial charge in [0.1, 0.15) is 5.54 Å². The minimum absolute atomic E-state index is 0.0764. The zero-order valence-corrected chi connectivity index (χ0v) is 15.8. The van der Waals surface area contributed by atoms with Crippen LogP contribution in [0, 0.1) is 11.8 Å². The molecule has 1 saturated carbocycles. The van der Waals surface area contributed by atoms with Gasteiger partial charge in [0.25, 0.3) is 5.91 Å². The van der Waals surface area contributed by atoms with Gasteiger partial charge in [0, 0.05) is 18.7 Å². The normalized spacial score (nSPS) is 28.4. The molecule has 0 radical (unpaired) electrons. The molecule has 1 aromatic rings. The lowest BCUT2D eigenvalue weighted by Crippen LogP contribution is -2.59. The summed E-state index contributed by atoms with van der Waals surface area (Å²) in [4.78, 5) is 39.1. The summed E-state index contributed by atoms with van der Waals surface area (Å²) in [5.41, 5.74) is -0.545. The van der Waals surface area contributed by atoms with Crippen LogP contribution in [0.2, 0.25) is 0 Å². The molecule has 0 bridgehead atoms. The lowest BCUT2D eigenvalue weighted by Gasteiger charge is -2.39. The molecule has 1 aliphatic carbocycles. The van der Waals surface area contributed by atoms with Crippen molar-refractivity contribution in [3.8, 4) is 0 Å². The molecular formula is C21H28N2O4. The highest BCUT2D eigenvalue weighted by molar-refractivity contribution is 5.95. The lowest BCUT2D eigenvalue weighted by atomic mass is 9.76. The molecule has 1 heterocycles. The number of benzene rings is 1. The van der Waals surface area contributed by atoms with Gasteiger partial charge in [0.2, 0.25) is 5.91 Å². The first kappa shape index (κ1) is 19.4. The minimum Gasteiger partial charge on any atom is -0.480 e. The molecule has 2 fully saturated rings. The van der Waals surface area contributed by atoms with E-state index in [1.165, 1.54) is 0 Å². The van der Waals surface area contributed by atoms with Gasteiger partial charge in [-0.15, -0.1) is 0 Å². The first-order chi connectivity index (χ1) is 12.9. The molecule has 1 aromatic carbocycles. The van der Waals surface area contributed by atoms with E-state index < -0.39 is 11.5 Å². The van der Waals surface area contributed by atoms with Gasteiger partial charge < -0.3 is 15.3 Å². The average Bonchev–Trinajstić information content (AvgIpc) is 2.70. The number of rotatable bonds is 4. The second-order valence-electron chi connectivity index (χ2n) is 8.02. The fourth-order valence-electron chi connectivity index (χ4n) is 4.12. The van der Waals surface area contributed by atoms with E-state index in [1.807, 2.05) is 18.2 Å². The maximum atomic E-state index is 12.8. The monoisotopic (exact) mass is 372 g/mol. The van der Waals surface area contributed by atoms with Gasteiger partial charge in [-0.25, -0.2) is 4.79 Å². The number of carbonyl (C=O) groups is 3.